The molecule has 0 spiro atoms. The molecule has 0 N–H and O–H groups in total. The van der Waals surface area contributed by atoms with Crippen LogP contribution in [0.3, 0.4) is 0 Å². The zero-order valence-corrected chi connectivity index (χ0v) is 26.2. The highest BCUT2D eigenvalue weighted by atomic mass is 16.5. The Bertz CT molecular complexity index is 1230. The largest absolute Gasteiger partial charge is 0.460 e. The summed E-state index contributed by atoms with van der Waals surface area (Å²) in [7, 11) is 0. The van der Waals surface area contributed by atoms with Gasteiger partial charge in [0, 0.05) is 11.8 Å². The molecule has 0 heterocycles. The number of esters is 1. The number of rotatable bonds is 3. The molecule has 218 valence electrons. The Balaban J connectivity index is 1.37. The molecule has 0 bridgehead atoms. The van der Waals surface area contributed by atoms with Crippen LogP contribution in [0.25, 0.3) is 0 Å². The molecular formula is C37H52O3. The van der Waals surface area contributed by atoms with Gasteiger partial charge in [-0.1, -0.05) is 90.4 Å². The highest BCUT2D eigenvalue weighted by Gasteiger charge is 2.69. The van der Waals surface area contributed by atoms with Gasteiger partial charge in [-0.15, -0.1) is 0 Å². The van der Waals surface area contributed by atoms with Crippen LogP contribution in [-0.2, 0) is 20.9 Å². The SMILES string of the molecule is CC1(C)CC[C@]2(C(=O)OCc3ccccc3)CC[C@]3(C)C(=CC[C@@H]4[C@@]5(C)CCC(=O)C(C)(C)[C@@H]5CC[C@]43C)[C@@H]2C1. The molecule has 7 atom stereocenters. The van der Waals surface area contributed by atoms with Crippen molar-refractivity contribution in [2.24, 2.45) is 50.2 Å². The summed E-state index contributed by atoms with van der Waals surface area (Å²) < 4.78 is 6.16. The van der Waals surface area contributed by atoms with Crippen molar-refractivity contribution in [1.82, 2.24) is 0 Å². The summed E-state index contributed by atoms with van der Waals surface area (Å²) in [6, 6.07) is 10.1. The van der Waals surface area contributed by atoms with Crippen molar-refractivity contribution >= 4 is 11.8 Å². The van der Waals surface area contributed by atoms with E-state index in [1.54, 1.807) is 5.57 Å². The van der Waals surface area contributed by atoms with E-state index in [1.807, 2.05) is 30.3 Å². The number of carbonyl (C=O) groups is 2. The second-order valence-electron chi connectivity index (χ2n) is 16.6. The van der Waals surface area contributed by atoms with Gasteiger partial charge in [0.15, 0.2) is 0 Å². The number of Topliss-reactive ketones (excluding diaryl/α,β-unsaturated/α-hetero) is 1. The van der Waals surface area contributed by atoms with Gasteiger partial charge in [-0.3, -0.25) is 9.59 Å². The van der Waals surface area contributed by atoms with Crippen LogP contribution in [0.5, 0.6) is 0 Å². The lowest BCUT2D eigenvalue weighted by Gasteiger charge is -2.70. The predicted molar refractivity (Wildman–Crippen MR) is 160 cm³/mol. The molecule has 0 aliphatic heterocycles. The van der Waals surface area contributed by atoms with Gasteiger partial charge in [-0.2, -0.15) is 0 Å². The van der Waals surface area contributed by atoms with E-state index in [-0.39, 0.29) is 39.0 Å². The topological polar surface area (TPSA) is 43.4 Å². The van der Waals surface area contributed by atoms with Gasteiger partial charge >= 0.3 is 5.97 Å². The average Bonchev–Trinajstić information content (AvgIpc) is 2.90. The molecule has 0 amide bonds. The number of fused-ring (bicyclic) bond motifs is 7. The minimum absolute atomic E-state index is 0.0373. The van der Waals surface area contributed by atoms with E-state index in [9.17, 15) is 9.59 Å². The van der Waals surface area contributed by atoms with Crippen molar-refractivity contribution in [3.05, 3.63) is 47.5 Å². The Morgan fingerprint density at radius 2 is 1.57 bits per heavy atom. The molecule has 40 heavy (non-hydrogen) atoms. The molecule has 0 saturated heterocycles. The summed E-state index contributed by atoms with van der Waals surface area (Å²) in [5.41, 5.74) is 2.68. The van der Waals surface area contributed by atoms with E-state index in [4.69, 9.17) is 4.74 Å². The van der Waals surface area contributed by atoms with Crippen molar-refractivity contribution in [3.8, 4) is 0 Å². The maximum absolute atomic E-state index is 14.1. The van der Waals surface area contributed by atoms with Crippen LogP contribution in [-0.4, -0.2) is 11.8 Å². The first-order valence-corrected chi connectivity index (χ1v) is 16.1. The van der Waals surface area contributed by atoms with Crippen molar-refractivity contribution < 1.29 is 14.3 Å². The first kappa shape index (κ1) is 28.2. The van der Waals surface area contributed by atoms with Crippen molar-refractivity contribution in [3.63, 3.8) is 0 Å². The lowest BCUT2D eigenvalue weighted by molar-refractivity contribution is -0.191. The standard InChI is InChI=1S/C37H52O3/c1-32(2)19-21-37(31(39)40-24-25-11-9-8-10-12-25)22-20-35(6)26(27(37)23-32)13-14-29-34(5)17-16-30(38)33(3,4)28(34)15-18-36(29,35)7/h8-13,27-29H,14-24H2,1-7H3/t27-,28-,29+,34-,35+,36+,37-/m0/s1. The van der Waals surface area contributed by atoms with Gasteiger partial charge in [-0.05, 0) is 103 Å². The van der Waals surface area contributed by atoms with Gasteiger partial charge in [0.25, 0.3) is 0 Å². The van der Waals surface area contributed by atoms with E-state index in [2.05, 4.69) is 54.5 Å². The monoisotopic (exact) mass is 544 g/mol. The van der Waals surface area contributed by atoms with Crippen molar-refractivity contribution in [2.75, 3.05) is 0 Å². The molecule has 3 heteroatoms. The van der Waals surface area contributed by atoms with Gasteiger partial charge in [-0.25, -0.2) is 0 Å². The summed E-state index contributed by atoms with van der Waals surface area (Å²) >= 11 is 0. The molecule has 0 aromatic heterocycles. The lowest BCUT2D eigenvalue weighted by atomic mass is 9.33. The Labute approximate surface area is 242 Å². The quantitative estimate of drug-likeness (QED) is 0.281. The first-order valence-electron chi connectivity index (χ1n) is 16.1. The second-order valence-corrected chi connectivity index (χ2v) is 16.6. The highest BCUT2D eigenvalue weighted by molar-refractivity contribution is 5.85. The molecule has 4 fully saturated rings. The van der Waals surface area contributed by atoms with Crippen molar-refractivity contribution in [2.45, 2.75) is 119 Å². The second kappa shape index (κ2) is 9.05. The number of ether oxygens (including phenoxy) is 1. The molecule has 5 aliphatic rings. The average molecular weight is 545 g/mol. The van der Waals surface area contributed by atoms with Crippen LogP contribution in [0, 0.1) is 50.2 Å². The smallest absolute Gasteiger partial charge is 0.313 e. The number of hydrogen-bond donors (Lipinski definition) is 0. The molecule has 6 rings (SSSR count). The highest BCUT2D eigenvalue weighted by Crippen LogP contribution is 2.75. The van der Waals surface area contributed by atoms with Crippen LogP contribution in [0.4, 0.5) is 0 Å². The maximum atomic E-state index is 14.1. The Hall–Kier alpha value is -1.90. The van der Waals surface area contributed by atoms with Gasteiger partial charge < -0.3 is 4.74 Å². The molecule has 1 aromatic rings. The third-order valence-corrected chi connectivity index (χ3v) is 14.0. The summed E-state index contributed by atoms with van der Waals surface area (Å²) in [5, 5.41) is 0. The van der Waals surface area contributed by atoms with Crippen LogP contribution < -0.4 is 0 Å². The summed E-state index contributed by atoms with van der Waals surface area (Å²) in [6.07, 6.45) is 12.9. The molecule has 1 aromatic carbocycles. The van der Waals surface area contributed by atoms with Crippen LogP contribution >= 0.6 is 0 Å². The number of allylic oxidation sites excluding steroid dienone is 2. The van der Waals surface area contributed by atoms with E-state index in [0.717, 1.165) is 63.4 Å². The minimum atomic E-state index is -0.404. The van der Waals surface area contributed by atoms with Gasteiger partial charge in [0.2, 0.25) is 0 Å². The summed E-state index contributed by atoms with van der Waals surface area (Å²) in [6.45, 7) is 17.3. The molecule has 0 radical (unpaired) electrons. The van der Waals surface area contributed by atoms with Crippen molar-refractivity contribution in [1.29, 1.82) is 0 Å². The van der Waals surface area contributed by atoms with Gasteiger partial charge in [0.05, 0.1) is 5.41 Å². The number of ketones is 1. The van der Waals surface area contributed by atoms with E-state index in [1.165, 1.54) is 6.42 Å². The van der Waals surface area contributed by atoms with Crippen LogP contribution in [0.1, 0.15) is 118 Å². The fourth-order valence-corrected chi connectivity index (χ4v) is 11.3. The Morgan fingerprint density at radius 1 is 0.875 bits per heavy atom. The fourth-order valence-electron chi connectivity index (χ4n) is 11.3. The predicted octanol–water partition coefficient (Wildman–Crippen LogP) is 9.10. The molecule has 5 aliphatic carbocycles. The third-order valence-electron chi connectivity index (χ3n) is 14.0. The zero-order chi connectivity index (χ0) is 28.8. The number of hydrogen-bond acceptors (Lipinski definition) is 3. The molecule has 3 nitrogen and oxygen atoms in total. The third kappa shape index (κ3) is 3.81. The van der Waals surface area contributed by atoms with Crippen LogP contribution in [0.15, 0.2) is 42.0 Å². The van der Waals surface area contributed by atoms with Gasteiger partial charge in [0.1, 0.15) is 12.4 Å². The maximum Gasteiger partial charge on any atom is 0.313 e. The number of benzene rings is 1. The van der Waals surface area contributed by atoms with E-state index in [0.29, 0.717) is 24.2 Å². The molecular weight excluding hydrogens is 492 g/mol. The molecule has 4 saturated carbocycles. The molecule has 0 unspecified atom stereocenters. The summed E-state index contributed by atoms with van der Waals surface area (Å²) in [4.78, 5) is 27.2. The Morgan fingerprint density at radius 3 is 2.30 bits per heavy atom. The zero-order valence-electron chi connectivity index (χ0n) is 26.2. The summed E-state index contributed by atoms with van der Waals surface area (Å²) in [5.74, 6) is 1.80. The normalized spacial score (nSPS) is 43.3. The minimum Gasteiger partial charge on any atom is -0.460 e. The van der Waals surface area contributed by atoms with Crippen LogP contribution in [0.2, 0.25) is 0 Å². The first-order chi connectivity index (χ1) is 18.7. The fraction of sp³-hybridized carbons (Fsp3) is 0.730. The number of carbonyl (C=O) groups excluding carboxylic acids is 2. The Kier molecular flexibility index (Phi) is 6.39. The van der Waals surface area contributed by atoms with E-state index >= 15 is 0 Å². The van der Waals surface area contributed by atoms with E-state index < -0.39 is 5.41 Å². The lowest BCUT2D eigenvalue weighted by Crippen LogP contribution is -2.64.